The molecule has 1 aromatic carbocycles. The highest BCUT2D eigenvalue weighted by Crippen LogP contribution is 2.22. The zero-order valence-electron chi connectivity index (χ0n) is 11.8. The van der Waals surface area contributed by atoms with E-state index in [1.807, 2.05) is 14.1 Å². The van der Waals surface area contributed by atoms with Crippen molar-refractivity contribution in [1.82, 2.24) is 10.2 Å². The van der Waals surface area contributed by atoms with E-state index in [0.29, 0.717) is 12.1 Å². The monoisotopic (exact) mass is 276 g/mol. The smallest absolute Gasteiger partial charge is 0.336 e. The van der Waals surface area contributed by atoms with Crippen molar-refractivity contribution in [1.29, 1.82) is 0 Å². The maximum absolute atomic E-state index is 11.6. The van der Waals surface area contributed by atoms with Crippen LogP contribution in [0.15, 0.2) is 33.5 Å². The SMILES string of the molecule is CNCCCN(C)Cc1cc(=O)oc2cc(O)ccc12. The molecule has 0 atom stereocenters. The van der Waals surface area contributed by atoms with E-state index >= 15 is 0 Å². The van der Waals surface area contributed by atoms with Gasteiger partial charge in [0.05, 0.1) is 0 Å². The van der Waals surface area contributed by atoms with E-state index in [1.54, 1.807) is 12.1 Å². The lowest BCUT2D eigenvalue weighted by Gasteiger charge is -2.17. The Morgan fingerprint density at radius 3 is 2.90 bits per heavy atom. The molecule has 1 heterocycles. The molecule has 0 aliphatic carbocycles. The van der Waals surface area contributed by atoms with Crippen molar-refractivity contribution in [2.45, 2.75) is 13.0 Å². The summed E-state index contributed by atoms with van der Waals surface area (Å²) in [4.78, 5) is 13.7. The summed E-state index contributed by atoms with van der Waals surface area (Å²) >= 11 is 0. The maximum Gasteiger partial charge on any atom is 0.336 e. The van der Waals surface area contributed by atoms with Gasteiger partial charge in [0.2, 0.25) is 0 Å². The first-order valence-electron chi connectivity index (χ1n) is 6.69. The Labute approximate surface area is 117 Å². The summed E-state index contributed by atoms with van der Waals surface area (Å²) in [5, 5.41) is 13.4. The van der Waals surface area contributed by atoms with Gasteiger partial charge in [-0.25, -0.2) is 4.79 Å². The molecule has 0 radical (unpaired) electrons. The Bertz CT molecular complexity index is 637. The molecule has 20 heavy (non-hydrogen) atoms. The number of benzene rings is 1. The number of hydrogen-bond acceptors (Lipinski definition) is 5. The Hall–Kier alpha value is -1.85. The summed E-state index contributed by atoms with van der Waals surface area (Å²) < 4.78 is 5.12. The molecule has 2 N–H and O–H groups in total. The van der Waals surface area contributed by atoms with Crippen LogP contribution in [0.2, 0.25) is 0 Å². The average molecular weight is 276 g/mol. The minimum absolute atomic E-state index is 0.0974. The lowest BCUT2D eigenvalue weighted by Crippen LogP contribution is -2.23. The molecule has 0 bridgehead atoms. The van der Waals surface area contributed by atoms with Gasteiger partial charge in [0, 0.05) is 24.1 Å². The predicted molar refractivity (Wildman–Crippen MR) is 79.0 cm³/mol. The van der Waals surface area contributed by atoms with Crippen LogP contribution in [-0.4, -0.2) is 37.2 Å². The molecule has 0 amide bonds. The number of rotatable bonds is 6. The van der Waals surface area contributed by atoms with Gasteiger partial charge >= 0.3 is 5.63 Å². The topological polar surface area (TPSA) is 65.7 Å². The molecule has 0 saturated heterocycles. The van der Waals surface area contributed by atoms with Crippen LogP contribution in [0.5, 0.6) is 5.75 Å². The first-order valence-corrected chi connectivity index (χ1v) is 6.69. The Kier molecular flexibility index (Phi) is 4.76. The molecule has 5 heteroatoms. The van der Waals surface area contributed by atoms with E-state index in [2.05, 4.69) is 10.2 Å². The van der Waals surface area contributed by atoms with E-state index < -0.39 is 0 Å². The van der Waals surface area contributed by atoms with Crippen molar-refractivity contribution in [3.05, 3.63) is 40.2 Å². The van der Waals surface area contributed by atoms with E-state index in [-0.39, 0.29) is 11.4 Å². The number of nitrogens with zero attached hydrogens (tertiary/aromatic N) is 1. The molecule has 2 aromatic rings. The zero-order valence-corrected chi connectivity index (χ0v) is 11.8. The zero-order chi connectivity index (χ0) is 14.5. The van der Waals surface area contributed by atoms with Gasteiger partial charge in [-0.2, -0.15) is 0 Å². The molecular formula is C15H20N2O3. The predicted octanol–water partition coefficient (Wildman–Crippen LogP) is 1.54. The van der Waals surface area contributed by atoms with Crippen molar-refractivity contribution in [3.8, 4) is 5.75 Å². The van der Waals surface area contributed by atoms with Crippen molar-refractivity contribution in [2.75, 3.05) is 27.2 Å². The maximum atomic E-state index is 11.6. The van der Waals surface area contributed by atoms with Crippen molar-refractivity contribution in [2.24, 2.45) is 0 Å². The number of phenols is 1. The second kappa shape index (κ2) is 6.54. The molecule has 5 nitrogen and oxygen atoms in total. The minimum atomic E-state index is -0.387. The Balaban J connectivity index is 2.23. The third-order valence-corrected chi connectivity index (χ3v) is 3.22. The first-order chi connectivity index (χ1) is 9.60. The standard InChI is InChI=1S/C15H20N2O3/c1-16-6-3-7-17(2)10-11-8-15(19)20-14-9-12(18)4-5-13(11)14/h4-5,8-9,16,18H,3,6-7,10H2,1-2H3. The number of aromatic hydroxyl groups is 1. The summed E-state index contributed by atoms with van der Waals surface area (Å²) in [6.07, 6.45) is 1.05. The average Bonchev–Trinajstić information content (AvgIpc) is 2.38. The van der Waals surface area contributed by atoms with Gasteiger partial charge in [0.1, 0.15) is 11.3 Å². The molecule has 1 aromatic heterocycles. The van der Waals surface area contributed by atoms with Crippen molar-refractivity contribution in [3.63, 3.8) is 0 Å². The Morgan fingerprint density at radius 1 is 1.35 bits per heavy atom. The lowest BCUT2D eigenvalue weighted by atomic mass is 10.1. The normalized spacial score (nSPS) is 11.3. The van der Waals surface area contributed by atoms with Crippen molar-refractivity contribution < 1.29 is 9.52 Å². The summed E-state index contributed by atoms with van der Waals surface area (Å²) in [5.74, 6) is 0.0974. The molecule has 0 unspecified atom stereocenters. The highest BCUT2D eigenvalue weighted by molar-refractivity contribution is 5.81. The van der Waals surface area contributed by atoms with Gasteiger partial charge in [-0.1, -0.05) is 0 Å². The summed E-state index contributed by atoms with van der Waals surface area (Å²) in [6.45, 7) is 2.59. The molecule has 2 rings (SSSR count). The summed E-state index contributed by atoms with van der Waals surface area (Å²) in [5.41, 5.74) is 0.959. The lowest BCUT2D eigenvalue weighted by molar-refractivity contribution is 0.321. The number of fused-ring (bicyclic) bond motifs is 1. The second-order valence-corrected chi connectivity index (χ2v) is 4.97. The van der Waals surface area contributed by atoms with Gasteiger partial charge in [-0.3, -0.25) is 0 Å². The molecular weight excluding hydrogens is 256 g/mol. The Morgan fingerprint density at radius 2 is 2.15 bits per heavy atom. The van der Waals surface area contributed by atoms with E-state index in [9.17, 15) is 9.90 Å². The van der Waals surface area contributed by atoms with Gasteiger partial charge in [-0.15, -0.1) is 0 Å². The van der Waals surface area contributed by atoms with Crippen LogP contribution in [0.3, 0.4) is 0 Å². The van der Waals surface area contributed by atoms with Crippen LogP contribution in [0.25, 0.3) is 11.0 Å². The summed E-state index contributed by atoms with van der Waals surface area (Å²) in [7, 11) is 3.96. The third-order valence-electron chi connectivity index (χ3n) is 3.22. The fourth-order valence-electron chi connectivity index (χ4n) is 2.25. The van der Waals surface area contributed by atoms with Crippen LogP contribution in [0.4, 0.5) is 0 Å². The van der Waals surface area contributed by atoms with Crippen LogP contribution < -0.4 is 10.9 Å². The van der Waals surface area contributed by atoms with Gasteiger partial charge < -0.3 is 19.7 Å². The van der Waals surface area contributed by atoms with Crippen LogP contribution in [0, 0.1) is 0 Å². The molecule has 108 valence electrons. The van der Waals surface area contributed by atoms with E-state index in [4.69, 9.17) is 4.42 Å². The first kappa shape index (κ1) is 14.6. The van der Waals surface area contributed by atoms with E-state index in [0.717, 1.165) is 30.5 Å². The number of phenolic OH excluding ortho intramolecular Hbond substituents is 1. The third kappa shape index (κ3) is 3.59. The molecule has 0 spiro atoms. The fraction of sp³-hybridized carbons (Fsp3) is 0.400. The highest BCUT2D eigenvalue weighted by Gasteiger charge is 2.08. The van der Waals surface area contributed by atoms with Gasteiger partial charge in [0.15, 0.2) is 0 Å². The van der Waals surface area contributed by atoms with Crippen molar-refractivity contribution >= 4 is 11.0 Å². The highest BCUT2D eigenvalue weighted by atomic mass is 16.4. The van der Waals surface area contributed by atoms with Crippen LogP contribution in [0.1, 0.15) is 12.0 Å². The van der Waals surface area contributed by atoms with Crippen LogP contribution in [-0.2, 0) is 6.54 Å². The molecule has 0 aliphatic heterocycles. The number of nitrogens with one attached hydrogen (secondary N) is 1. The molecule has 0 saturated carbocycles. The van der Waals surface area contributed by atoms with E-state index in [1.165, 1.54) is 12.1 Å². The van der Waals surface area contributed by atoms with Crippen LogP contribution >= 0.6 is 0 Å². The van der Waals surface area contributed by atoms with Gasteiger partial charge in [0.25, 0.3) is 0 Å². The fourth-order valence-corrected chi connectivity index (χ4v) is 2.25. The van der Waals surface area contributed by atoms with Gasteiger partial charge in [-0.05, 0) is 51.3 Å². The molecule has 0 aliphatic rings. The second-order valence-electron chi connectivity index (χ2n) is 4.97. The quantitative estimate of drug-likeness (QED) is 0.619. The summed E-state index contributed by atoms with van der Waals surface area (Å²) in [6, 6.07) is 6.38. The minimum Gasteiger partial charge on any atom is -0.508 e. The largest absolute Gasteiger partial charge is 0.508 e. The molecule has 0 fully saturated rings. The number of hydrogen-bond donors (Lipinski definition) is 2.